The molecule has 1 rings (SSSR count). The van der Waals surface area contributed by atoms with Crippen LogP contribution in [0.25, 0.3) is 0 Å². The van der Waals surface area contributed by atoms with Crippen molar-refractivity contribution in [3.63, 3.8) is 0 Å². The zero-order valence-electron chi connectivity index (χ0n) is 11.7. The molecule has 0 saturated heterocycles. The van der Waals surface area contributed by atoms with Gasteiger partial charge in [-0.2, -0.15) is 0 Å². The highest BCUT2D eigenvalue weighted by molar-refractivity contribution is 6.31. The average Bonchev–Trinajstić information content (AvgIpc) is 2.40. The predicted molar refractivity (Wildman–Crippen MR) is 82.2 cm³/mol. The van der Waals surface area contributed by atoms with E-state index in [1.165, 1.54) is 0 Å². The Bertz CT molecular complexity index is 430. The second-order valence-corrected chi connectivity index (χ2v) is 5.73. The third kappa shape index (κ3) is 4.70. The molecule has 2 nitrogen and oxygen atoms in total. The molecule has 1 unspecified atom stereocenters. The number of hydrogen-bond acceptors (Lipinski definition) is 1. The van der Waals surface area contributed by atoms with Crippen molar-refractivity contribution in [3.8, 4) is 0 Å². The number of hydrogen-bond donors (Lipinski definition) is 1. The highest BCUT2D eigenvalue weighted by Crippen LogP contribution is 2.19. The summed E-state index contributed by atoms with van der Waals surface area (Å²) in [6.07, 6.45) is 2.05. The monoisotopic (exact) mass is 301 g/mol. The molecule has 0 saturated carbocycles. The van der Waals surface area contributed by atoms with E-state index in [0.717, 1.165) is 18.4 Å². The second kappa shape index (κ2) is 7.76. The van der Waals surface area contributed by atoms with Gasteiger partial charge in [-0.05, 0) is 30.5 Å². The lowest BCUT2D eigenvalue weighted by Gasteiger charge is -2.19. The summed E-state index contributed by atoms with van der Waals surface area (Å²) >= 11 is 12.3. The Morgan fingerprint density at radius 1 is 1.32 bits per heavy atom. The Hall–Kier alpha value is -0.730. The molecule has 1 aromatic carbocycles. The van der Waals surface area contributed by atoms with Crippen LogP contribution in [0.3, 0.4) is 0 Å². The molecule has 0 aliphatic carbocycles. The minimum absolute atomic E-state index is 0.0279. The third-order valence-corrected chi connectivity index (χ3v) is 4.37. The first-order valence-electron chi connectivity index (χ1n) is 6.68. The van der Waals surface area contributed by atoms with Crippen LogP contribution >= 0.6 is 23.2 Å². The number of carbonyl (C=O) groups is 1. The smallest absolute Gasteiger partial charge is 0.251 e. The summed E-state index contributed by atoms with van der Waals surface area (Å²) in [6, 6.07) is 5.31. The van der Waals surface area contributed by atoms with Crippen molar-refractivity contribution in [1.82, 2.24) is 5.32 Å². The van der Waals surface area contributed by atoms with Crippen LogP contribution in [0.2, 0.25) is 5.02 Å². The summed E-state index contributed by atoms with van der Waals surface area (Å²) in [6.45, 7) is 6.63. The van der Waals surface area contributed by atoms with Crippen LogP contribution in [0.4, 0.5) is 0 Å². The summed E-state index contributed by atoms with van der Waals surface area (Å²) in [4.78, 5) is 12.0. The van der Waals surface area contributed by atoms with E-state index in [2.05, 4.69) is 19.2 Å². The number of nitrogens with one attached hydrogen (secondary N) is 1. The SMILES string of the molecule is CCC(CC)C(Cl)CNC(=O)c1ccc(C)c(Cl)c1. The van der Waals surface area contributed by atoms with E-state index in [-0.39, 0.29) is 11.3 Å². The fourth-order valence-electron chi connectivity index (χ4n) is 1.99. The quantitative estimate of drug-likeness (QED) is 0.774. The van der Waals surface area contributed by atoms with Crippen LogP contribution in [0, 0.1) is 12.8 Å². The van der Waals surface area contributed by atoms with Crippen LogP contribution in [0.15, 0.2) is 18.2 Å². The van der Waals surface area contributed by atoms with E-state index in [1.807, 2.05) is 13.0 Å². The maximum Gasteiger partial charge on any atom is 0.251 e. The first kappa shape index (κ1) is 16.3. The van der Waals surface area contributed by atoms with Gasteiger partial charge in [-0.3, -0.25) is 4.79 Å². The molecule has 4 heteroatoms. The lowest BCUT2D eigenvalue weighted by atomic mass is 9.99. The molecule has 0 radical (unpaired) electrons. The summed E-state index contributed by atoms with van der Waals surface area (Å²) in [5.41, 5.74) is 1.54. The topological polar surface area (TPSA) is 29.1 Å². The molecule has 1 atom stereocenters. The van der Waals surface area contributed by atoms with Crippen molar-refractivity contribution >= 4 is 29.1 Å². The van der Waals surface area contributed by atoms with Crippen LogP contribution in [-0.2, 0) is 0 Å². The van der Waals surface area contributed by atoms with Gasteiger partial charge in [0.1, 0.15) is 0 Å². The predicted octanol–water partition coefficient (Wildman–Crippen LogP) is 4.42. The maximum absolute atomic E-state index is 12.0. The van der Waals surface area contributed by atoms with Crippen LogP contribution in [0.1, 0.15) is 42.6 Å². The van der Waals surface area contributed by atoms with Crippen LogP contribution in [0.5, 0.6) is 0 Å². The Morgan fingerprint density at radius 3 is 2.47 bits per heavy atom. The molecule has 0 heterocycles. The fraction of sp³-hybridized carbons (Fsp3) is 0.533. The highest BCUT2D eigenvalue weighted by atomic mass is 35.5. The maximum atomic E-state index is 12.0. The molecule has 1 aromatic rings. The van der Waals surface area contributed by atoms with Gasteiger partial charge in [-0.1, -0.05) is 44.4 Å². The van der Waals surface area contributed by atoms with E-state index in [0.29, 0.717) is 23.0 Å². The van der Waals surface area contributed by atoms with Crippen LogP contribution < -0.4 is 5.32 Å². The normalized spacial score (nSPS) is 12.5. The van der Waals surface area contributed by atoms with Crippen molar-refractivity contribution in [3.05, 3.63) is 34.3 Å². The number of halogens is 2. The van der Waals surface area contributed by atoms with Gasteiger partial charge in [0, 0.05) is 17.1 Å². The van der Waals surface area contributed by atoms with Gasteiger partial charge in [0.2, 0.25) is 0 Å². The number of alkyl halides is 1. The molecular formula is C15H21Cl2NO. The number of aryl methyl sites for hydroxylation is 1. The molecule has 0 spiro atoms. The fourth-order valence-corrected chi connectivity index (χ4v) is 2.61. The largest absolute Gasteiger partial charge is 0.351 e. The lowest BCUT2D eigenvalue weighted by molar-refractivity contribution is 0.0951. The molecule has 0 aliphatic heterocycles. The average molecular weight is 302 g/mol. The molecule has 0 aliphatic rings. The number of rotatable bonds is 6. The van der Waals surface area contributed by atoms with Gasteiger partial charge in [-0.15, -0.1) is 11.6 Å². The van der Waals surface area contributed by atoms with Gasteiger partial charge in [0.05, 0.1) is 5.38 Å². The van der Waals surface area contributed by atoms with Gasteiger partial charge in [0.25, 0.3) is 5.91 Å². The number of carbonyl (C=O) groups excluding carboxylic acids is 1. The Labute approximate surface area is 125 Å². The van der Waals surface area contributed by atoms with Gasteiger partial charge < -0.3 is 5.32 Å². The molecule has 106 valence electrons. The highest BCUT2D eigenvalue weighted by Gasteiger charge is 2.17. The summed E-state index contributed by atoms with van der Waals surface area (Å²) in [5.74, 6) is 0.307. The van der Waals surface area contributed by atoms with Crippen LogP contribution in [-0.4, -0.2) is 17.8 Å². The third-order valence-electron chi connectivity index (χ3n) is 3.45. The minimum atomic E-state index is -0.126. The molecule has 0 fully saturated rings. The van der Waals surface area contributed by atoms with Crippen molar-refractivity contribution in [2.45, 2.75) is 39.0 Å². The Balaban J connectivity index is 2.58. The van der Waals surface area contributed by atoms with E-state index in [9.17, 15) is 4.79 Å². The molecule has 1 N–H and O–H groups in total. The van der Waals surface area contributed by atoms with Gasteiger partial charge >= 0.3 is 0 Å². The molecule has 0 bridgehead atoms. The number of amides is 1. The first-order valence-corrected chi connectivity index (χ1v) is 7.49. The van der Waals surface area contributed by atoms with Gasteiger partial charge in [0.15, 0.2) is 0 Å². The van der Waals surface area contributed by atoms with Crippen molar-refractivity contribution in [1.29, 1.82) is 0 Å². The molecule has 1 amide bonds. The van der Waals surface area contributed by atoms with Gasteiger partial charge in [-0.25, -0.2) is 0 Å². The molecular weight excluding hydrogens is 281 g/mol. The molecule has 19 heavy (non-hydrogen) atoms. The standard InChI is InChI=1S/C15H21Cl2NO/c1-4-11(5-2)14(17)9-18-15(19)12-7-6-10(3)13(16)8-12/h6-8,11,14H,4-5,9H2,1-3H3,(H,18,19). The summed E-state index contributed by atoms with van der Waals surface area (Å²) in [7, 11) is 0. The van der Waals surface area contributed by atoms with E-state index in [4.69, 9.17) is 23.2 Å². The zero-order valence-corrected chi connectivity index (χ0v) is 13.2. The van der Waals surface area contributed by atoms with E-state index < -0.39 is 0 Å². The minimum Gasteiger partial charge on any atom is -0.351 e. The van der Waals surface area contributed by atoms with E-state index >= 15 is 0 Å². The number of benzene rings is 1. The zero-order chi connectivity index (χ0) is 14.4. The van der Waals surface area contributed by atoms with E-state index in [1.54, 1.807) is 12.1 Å². The Morgan fingerprint density at radius 2 is 1.95 bits per heavy atom. The summed E-state index contributed by atoms with van der Waals surface area (Å²) in [5, 5.41) is 3.44. The van der Waals surface area contributed by atoms with Crippen molar-refractivity contribution in [2.75, 3.05) is 6.54 Å². The summed E-state index contributed by atoms with van der Waals surface area (Å²) < 4.78 is 0. The Kier molecular flexibility index (Phi) is 6.67. The molecule has 0 aromatic heterocycles. The van der Waals surface area contributed by atoms with Crippen molar-refractivity contribution < 1.29 is 4.79 Å². The lowest BCUT2D eigenvalue weighted by Crippen LogP contribution is -2.33. The van der Waals surface area contributed by atoms with Crippen molar-refractivity contribution in [2.24, 2.45) is 5.92 Å². The second-order valence-electron chi connectivity index (χ2n) is 4.77. The first-order chi connectivity index (χ1) is 8.99.